The molecule has 3 nitrogen and oxygen atoms in total. The summed E-state index contributed by atoms with van der Waals surface area (Å²) in [5.74, 6) is -1.84. The zero-order valence-corrected chi connectivity index (χ0v) is 10.3. The Hall–Kier alpha value is -1.49. The van der Waals surface area contributed by atoms with Crippen LogP contribution in [0.15, 0.2) is 18.2 Å². The largest absolute Gasteiger partial charge is 0.467 e. The van der Waals surface area contributed by atoms with Gasteiger partial charge in [-0.3, -0.25) is 5.32 Å². The number of nitrogens with one attached hydrogen (secondary N) is 1. The summed E-state index contributed by atoms with van der Waals surface area (Å²) >= 11 is 0. The van der Waals surface area contributed by atoms with E-state index < -0.39 is 23.1 Å². The van der Waals surface area contributed by atoms with Gasteiger partial charge in [0.15, 0.2) is 0 Å². The van der Waals surface area contributed by atoms with E-state index in [1.165, 1.54) is 14.0 Å². The Labute approximate surface area is 104 Å². The van der Waals surface area contributed by atoms with Crippen LogP contribution in [0, 0.1) is 11.6 Å². The second-order valence-corrected chi connectivity index (χ2v) is 4.66. The number of hydrogen-bond donors (Lipinski definition) is 1. The highest BCUT2D eigenvalue weighted by molar-refractivity contribution is 5.82. The van der Waals surface area contributed by atoms with E-state index in [1.54, 1.807) is 0 Å². The average molecular weight is 255 g/mol. The van der Waals surface area contributed by atoms with E-state index in [-0.39, 0.29) is 11.6 Å². The molecule has 98 valence electrons. The molecule has 0 aromatic heterocycles. The van der Waals surface area contributed by atoms with Crippen LogP contribution in [0.2, 0.25) is 0 Å². The molecule has 2 rings (SSSR count). The van der Waals surface area contributed by atoms with Gasteiger partial charge in [0, 0.05) is 11.6 Å². The SMILES string of the molecule is COC(=O)C(C)(NC1CC1)c1cc(F)ccc1F. The number of rotatable bonds is 4. The van der Waals surface area contributed by atoms with Gasteiger partial charge in [-0.2, -0.15) is 0 Å². The molecule has 1 saturated carbocycles. The smallest absolute Gasteiger partial charge is 0.330 e. The van der Waals surface area contributed by atoms with Crippen molar-refractivity contribution in [2.45, 2.75) is 31.3 Å². The van der Waals surface area contributed by atoms with E-state index in [4.69, 9.17) is 4.74 Å². The van der Waals surface area contributed by atoms with E-state index in [0.29, 0.717) is 0 Å². The normalized spacial score (nSPS) is 18.2. The van der Waals surface area contributed by atoms with Crippen LogP contribution in [0.5, 0.6) is 0 Å². The lowest BCUT2D eigenvalue weighted by molar-refractivity contribution is -0.148. The first kappa shape index (κ1) is 13.0. The first-order valence-corrected chi connectivity index (χ1v) is 5.79. The minimum atomic E-state index is -1.36. The lowest BCUT2D eigenvalue weighted by Gasteiger charge is -2.29. The maximum Gasteiger partial charge on any atom is 0.330 e. The Morgan fingerprint density at radius 1 is 1.44 bits per heavy atom. The van der Waals surface area contributed by atoms with Gasteiger partial charge in [0.25, 0.3) is 0 Å². The summed E-state index contributed by atoms with van der Waals surface area (Å²) in [5, 5.41) is 3.02. The lowest BCUT2D eigenvalue weighted by atomic mass is 9.91. The molecule has 5 heteroatoms. The number of carbonyl (C=O) groups is 1. The van der Waals surface area contributed by atoms with Crippen LogP contribution in [-0.4, -0.2) is 19.1 Å². The Balaban J connectivity index is 2.43. The van der Waals surface area contributed by atoms with Crippen LogP contribution in [0.1, 0.15) is 25.3 Å². The van der Waals surface area contributed by atoms with E-state index in [0.717, 1.165) is 31.0 Å². The molecule has 18 heavy (non-hydrogen) atoms. The molecule has 1 fully saturated rings. The van der Waals surface area contributed by atoms with Crippen LogP contribution < -0.4 is 5.32 Å². The van der Waals surface area contributed by atoms with Gasteiger partial charge in [-0.15, -0.1) is 0 Å². The van der Waals surface area contributed by atoms with Crippen molar-refractivity contribution in [3.8, 4) is 0 Å². The van der Waals surface area contributed by atoms with Crippen molar-refractivity contribution in [3.63, 3.8) is 0 Å². The maximum absolute atomic E-state index is 13.8. The number of methoxy groups -OCH3 is 1. The third-order valence-electron chi connectivity index (χ3n) is 3.13. The third-order valence-corrected chi connectivity index (χ3v) is 3.13. The van der Waals surface area contributed by atoms with Gasteiger partial charge in [0.2, 0.25) is 0 Å². The van der Waals surface area contributed by atoms with Gasteiger partial charge in [-0.05, 0) is 38.0 Å². The summed E-state index contributed by atoms with van der Waals surface area (Å²) in [6, 6.07) is 3.21. The molecule has 0 saturated heterocycles. The Bertz CT molecular complexity index is 474. The zero-order valence-electron chi connectivity index (χ0n) is 10.3. The van der Waals surface area contributed by atoms with Crippen molar-refractivity contribution in [2.24, 2.45) is 0 Å². The van der Waals surface area contributed by atoms with E-state index in [9.17, 15) is 13.6 Å². The van der Waals surface area contributed by atoms with Gasteiger partial charge in [0.1, 0.15) is 17.2 Å². The molecule has 1 aliphatic rings. The zero-order chi connectivity index (χ0) is 13.3. The number of esters is 1. The van der Waals surface area contributed by atoms with Crippen LogP contribution >= 0.6 is 0 Å². The molecule has 0 heterocycles. The minimum absolute atomic E-state index is 0.0266. The molecule has 1 unspecified atom stereocenters. The summed E-state index contributed by atoms with van der Waals surface area (Å²) in [7, 11) is 1.23. The van der Waals surface area contributed by atoms with Gasteiger partial charge >= 0.3 is 5.97 Å². The molecule has 0 aliphatic heterocycles. The second kappa shape index (κ2) is 4.65. The molecule has 1 aromatic rings. The predicted molar refractivity (Wildman–Crippen MR) is 61.9 cm³/mol. The van der Waals surface area contributed by atoms with Crippen LogP contribution in [0.25, 0.3) is 0 Å². The summed E-state index contributed by atoms with van der Waals surface area (Å²) in [4.78, 5) is 11.9. The Kier molecular flexibility index (Phi) is 3.34. The molecule has 1 N–H and O–H groups in total. The number of benzene rings is 1. The van der Waals surface area contributed by atoms with Crippen LogP contribution in [0.4, 0.5) is 8.78 Å². The fourth-order valence-electron chi connectivity index (χ4n) is 1.97. The number of halogens is 2. The first-order valence-electron chi connectivity index (χ1n) is 5.79. The highest BCUT2D eigenvalue weighted by Crippen LogP contribution is 2.31. The fourth-order valence-corrected chi connectivity index (χ4v) is 1.97. The third kappa shape index (κ3) is 2.36. The van der Waals surface area contributed by atoms with E-state index in [1.807, 2.05) is 0 Å². The predicted octanol–water partition coefficient (Wildman–Crippen LogP) is 2.10. The maximum atomic E-state index is 13.8. The number of hydrogen-bond acceptors (Lipinski definition) is 3. The molecular formula is C13H15F2NO2. The first-order chi connectivity index (χ1) is 8.47. The summed E-state index contributed by atoms with van der Waals surface area (Å²) < 4.78 is 31.8. The van der Waals surface area contributed by atoms with Crippen molar-refractivity contribution >= 4 is 5.97 Å². The monoisotopic (exact) mass is 255 g/mol. The van der Waals surface area contributed by atoms with Gasteiger partial charge in [-0.1, -0.05) is 0 Å². The molecule has 1 aliphatic carbocycles. The fraction of sp³-hybridized carbons (Fsp3) is 0.462. The number of ether oxygens (including phenoxy) is 1. The van der Waals surface area contributed by atoms with Gasteiger partial charge in [-0.25, -0.2) is 13.6 Å². The molecule has 1 aromatic carbocycles. The van der Waals surface area contributed by atoms with Crippen LogP contribution in [-0.2, 0) is 15.1 Å². The quantitative estimate of drug-likeness (QED) is 0.837. The van der Waals surface area contributed by atoms with Crippen molar-refractivity contribution in [2.75, 3.05) is 7.11 Å². The van der Waals surface area contributed by atoms with Gasteiger partial charge < -0.3 is 4.74 Å². The topological polar surface area (TPSA) is 38.3 Å². The second-order valence-electron chi connectivity index (χ2n) is 4.66. The lowest BCUT2D eigenvalue weighted by Crippen LogP contribution is -2.49. The highest BCUT2D eigenvalue weighted by Gasteiger charge is 2.42. The molecule has 0 radical (unpaired) electrons. The molecule has 0 bridgehead atoms. The molecule has 1 atom stereocenters. The van der Waals surface area contributed by atoms with Crippen molar-refractivity contribution in [1.29, 1.82) is 0 Å². The Morgan fingerprint density at radius 2 is 2.11 bits per heavy atom. The summed E-state index contributed by atoms with van der Waals surface area (Å²) in [6.07, 6.45) is 1.84. The number of carbonyl (C=O) groups excluding carboxylic acids is 1. The van der Waals surface area contributed by atoms with Crippen molar-refractivity contribution < 1.29 is 18.3 Å². The molecule has 0 spiro atoms. The Morgan fingerprint density at radius 3 is 2.67 bits per heavy atom. The highest BCUT2D eigenvalue weighted by atomic mass is 19.1. The standard InChI is InChI=1S/C13H15F2NO2/c1-13(12(17)18-2,16-9-4-5-9)10-7-8(14)3-6-11(10)15/h3,6-7,9,16H,4-5H2,1-2H3. The molecule has 0 amide bonds. The van der Waals surface area contributed by atoms with Crippen molar-refractivity contribution in [3.05, 3.63) is 35.4 Å². The average Bonchev–Trinajstić information content (AvgIpc) is 3.14. The van der Waals surface area contributed by atoms with E-state index in [2.05, 4.69) is 5.32 Å². The van der Waals surface area contributed by atoms with E-state index >= 15 is 0 Å². The van der Waals surface area contributed by atoms with Crippen molar-refractivity contribution in [1.82, 2.24) is 5.32 Å². The summed E-state index contributed by atoms with van der Waals surface area (Å²) in [5.41, 5.74) is -1.39. The molecular weight excluding hydrogens is 240 g/mol. The summed E-state index contributed by atoms with van der Waals surface area (Å²) in [6.45, 7) is 1.51. The minimum Gasteiger partial charge on any atom is -0.467 e. The van der Waals surface area contributed by atoms with Crippen LogP contribution in [0.3, 0.4) is 0 Å². The van der Waals surface area contributed by atoms with Gasteiger partial charge in [0.05, 0.1) is 7.11 Å².